The fraction of sp³-hybridized carbons (Fsp3) is 0.364. The Hall–Kier alpha value is -0.630. The smallest absolute Gasteiger partial charge is 0.140 e. The zero-order valence-electron chi connectivity index (χ0n) is 7.29. The number of carbonyl (C=O) groups is 1. The van der Waals surface area contributed by atoms with Crippen LogP contribution in [0.2, 0.25) is 0 Å². The summed E-state index contributed by atoms with van der Waals surface area (Å²) in [6, 6.07) is 7.93. The molecule has 1 aromatic carbocycles. The number of hydrogen-bond donors (Lipinski definition) is 0. The van der Waals surface area contributed by atoms with Gasteiger partial charge in [-0.1, -0.05) is 34.1 Å². The molecule has 13 heavy (non-hydrogen) atoms. The Kier molecular flexibility index (Phi) is 2.49. The monoisotopic (exact) mass is 238 g/mol. The highest BCUT2D eigenvalue weighted by molar-refractivity contribution is 9.10. The third-order valence-corrected chi connectivity index (χ3v) is 3.13. The summed E-state index contributed by atoms with van der Waals surface area (Å²) in [5.41, 5.74) is 1.11. The molecule has 2 heteroatoms. The number of ketones is 1. The van der Waals surface area contributed by atoms with E-state index in [1.165, 1.54) is 0 Å². The molecule has 1 aliphatic carbocycles. The van der Waals surface area contributed by atoms with Crippen LogP contribution in [-0.2, 0) is 11.2 Å². The van der Waals surface area contributed by atoms with Crippen LogP contribution in [0.5, 0.6) is 0 Å². The van der Waals surface area contributed by atoms with Crippen molar-refractivity contribution in [1.29, 1.82) is 0 Å². The molecule has 0 radical (unpaired) electrons. The van der Waals surface area contributed by atoms with E-state index in [-0.39, 0.29) is 0 Å². The Morgan fingerprint density at radius 2 is 2.08 bits per heavy atom. The summed E-state index contributed by atoms with van der Waals surface area (Å²) in [6.07, 6.45) is 2.79. The highest BCUT2D eigenvalue weighted by atomic mass is 79.9. The van der Waals surface area contributed by atoms with E-state index in [4.69, 9.17) is 0 Å². The highest BCUT2D eigenvalue weighted by Gasteiger charge is 2.29. The fourth-order valence-corrected chi connectivity index (χ4v) is 1.80. The minimum Gasteiger partial charge on any atom is -0.299 e. The van der Waals surface area contributed by atoms with Crippen LogP contribution in [0.4, 0.5) is 0 Å². The van der Waals surface area contributed by atoms with Crippen molar-refractivity contribution in [2.45, 2.75) is 19.3 Å². The van der Waals surface area contributed by atoms with Gasteiger partial charge in [-0.2, -0.15) is 0 Å². The van der Waals surface area contributed by atoms with Crippen LogP contribution >= 0.6 is 15.9 Å². The molecule has 0 amide bonds. The average Bonchev–Trinajstić information content (AvgIpc) is 2.91. The van der Waals surface area contributed by atoms with E-state index in [2.05, 4.69) is 15.9 Å². The van der Waals surface area contributed by atoms with Crippen molar-refractivity contribution in [1.82, 2.24) is 0 Å². The van der Waals surface area contributed by atoms with Gasteiger partial charge in [0.1, 0.15) is 5.78 Å². The number of Topliss-reactive ketones (excluding diaryl/α,β-unsaturated/α-hetero) is 1. The van der Waals surface area contributed by atoms with Gasteiger partial charge in [0.2, 0.25) is 0 Å². The van der Waals surface area contributed by atoms with E-state index in [1.807, 2.05) is 24.3 Å². The topological polar surface area (TPSA) is 17.1 Å². The van der Waals surface area contributed by atoms with Crippen LogP contribution in [-0.4, -0.2) is 5.78 Å². The molecule has 68 valence electrons. The van der Waals surface area contributed by atoms with Crippen LogP contribution < -0.4 is 0 Å². The van der Waals surface area contributed by atoms with Crippen molar-refractivity contribution >= 4 is 21.7 Å². The molecule has 1 aromatic rings. The quantitative estimate of drug-likeness (QED) is 0.792. The van der Waals surface area contributed by atoms with Crippen molar-refractivity contribution < 1.29 is 4.79 Å². The molecule has 0 N–H and O–H groups in total. The van der Waals surface area contributed by atoms with E-state index < -0.39 is 0 Å². The predicted octanol–water partition coefficient (Wildman–Crippen LogP) is 2.97. The molecule has 1 fully saturated rings. The lowest BCUT2D eigenvalue weighted by molar-refractivity contribution is -0.119. The van der Waals surface area contributed by atoms with E-state index in [0.717, 1.165) is 22.9 Å². The van der Waals surface area contributed by atoms with Crippen molar-refractivity contribution in [3.8, 4) is 0 Å². The standard InChI is InChI=1S/C11H11BrO/c12-10-4-2-1-3-9(10)7-11(13)8-5-6-8/h1-4,8H,5-7H2. The maximum Gasteiger partial charge on any atom is 0.140 e. The van der Waals surface area contributed by atoms with Crippen molar-refractivity contribution in [3.05, 3.63) is 34.3 Å². The second-order valence-corrected chi connectivity index (χ2v) is 4.36. The van der Waals surface area contributed by atoms with E-state index >= 15 is 0 Å². The molecule has 0 heterocycles. The summed E-state index contributed by atoms with van der Waals surface area (Å²) >= 11 is 3.44. The van der Waals surface area contributed by atoms with Crippen molar-refractivity contribution in [3.63, 3.8) is 0 Å². The maximum absolute atomic E-state index is 11.5. The number of benzene rings is 1. The van der Waals surface area contributed by atoms with Crippen molar-refractivity contribution in [2.75, 3.05) is 0 Å². The van der Waals surface area contributed by atoms with Gasteiger partial charge in [0, 0.05) is 16.8 Å². The molecule has 0 spiro atoms. The summed E-state index contributed by atoms with van der Waals surface area (Å²) in [5, 5.41) is 0. The molecule has 2 rings (SSSR count). The molecule has 1 aliphatic rings. The fourth-order valence-electron chi connectivity index (χ4n) is 1.38. The molecule has 0 unspecified atom stereocenters. The normalized spacial score (nSPS) is 15.8. The lowest BCUT2D eigenvalue weighted by Gasteiger charge is -2.01. The van der Waals surface area contributed by atoms with Gasteiger partial charge in [0.25, 0.3) is 0 Å². The Bertz CT molecular complexity index is 329. The third-order valence-electron chi connectivity index (χ3n) is 2.36. The van der Waals surface area contributed by atoms with Gasteiger partial charge >= 0.3 is 0 Å². The minimum atomic E-state index is 0.368. The second kappa shape index (κ2) is 3.62. The first-order valence-corrected chi connectivity index (χ1v) is 5.33. The van der Waals surface area contributed by atoms with E-state index in [0.29, 0.717) is 18.1 Å². The summed E-state index contributed by atoms with van der Waals surface area (Å²) in [7, 11) is 0. The van der Waals surface area contributed by atoms with Crippen LogP contribution in [0.25, 0.3) is 0 Å². The Morgan fingerprint density at radius 3 is 2.69 bits per heavy atom. The zero-order chi connectivity index (χ0) is 9.26. The first-order valence-electron chi connectivity index (χ1n) is 4.53. The molecular weight excluding hydrogens is 228 g/mol. The van der Waals surface area contributed by atoms with Gasteiger partial charge in [-0.15, -0.1) is 0 Å². The summed E-state index contributed by atoms with van der Waals surface area (Å²) < 4.78 is 1.05. The van der Waals surface area contributed by atoms with Gasteiger partial charge in [-0.25, -0.2) is 0 Å². The number of carbonyl (C=O) groups excluding carboxylic acids is 1. The van der Waals surface area contributed by atoms with Crippen LogP contribution in [0, 0.1) is 5.92 Å². The molecule has 0 saturated heterocycles. The molecule has 0 aliphatic heterocycles. The van der Waals surface area contributed by atoms with E-state index in [9.17, 15) is 4.79 Å². The van der Waals surface area contributed by atoms with Gasteiger partial charge in [-0.3, -0.25) is 4.79 Å². The van der Waals surface area contributed by atoms with Crippen molar-refractivity contribution in [2.24, 2.45) is 5.92 Å². The van der Waals surface area contributed by atoms with Crippen LogP contribution in [0.15, 0.2) is 28.7 Å². The number of rotatable bonds is 3. The first-order chi connectivity index (χ1) is 6.27. The predicted molar refractivity (Wildman–Crippen MR) is 55.6 cm³/mol. The third kappa shape index (κ3) is 2.19. The summed E-state index contributed by atoms with van der Waals surface area (Å²) in [4.78, 5) is 11.5. The van der Waals surface area contributed by atoms with Gasteiger partial charge in [0.05, 0.1) is 0 Å². The first kappa shape index (κ1) is 8.95. The molecule has 0 bridgehead atoms. The molecule has 0 aromatic heterocycles. The summed E-state index contributed by atoms with van der Waals surface area (Å²) in [6.45, 7) is 0. The van der Waals surface area contributed by atoms with Gasteiger partial charge in [-0.05, 0) is 24.5 Å². The lowest BCUT2D eigenvalue weighted by Crippen LogP contribution is -2.04. The number of halogens is 1. The van der Waals surface area contributed by atoms with Gasteiger partial charge in [0.15, 0.2) is 0 Å². The second-order valence-electron chi connectivity index (χ2n) is 3.51. The Labute approximate surface area is 86.3 Å². The van der Waals surface area contributed by atoms with Crippen LogP contribution in [0.3, 0.4) is 0 Å². The lowest BCUT2D eigenvalue weighted by atomic mass is 10.1. The zero-order valence-corrected chi connectivity index (χ0v) is 8.88. The molecule has 1 saturated carbocycles. The van der Waals surface area contributed by atoms with Crippen LogP contribution in [0.1, 0.15) is 18.4 Å². The molecular formula is C11H11BrO. The van der Waals surface area contributed by atoms with E-state index in [1.54, 1.807) is 0 Å². The molecule has 0 atom stereocenters. The SMILES string of the molecule is O=C(Cc1ccccc1Br)C1CC1. The number of hydrogen-bond acceptors (Lipinski definition) is 1. The van der Waals surface area contributed by atoms with Gasteiger partial charge < -0.3 is 0 Å². The minimum absolute atomic E-state index is 0.368. The Balaban J connectivity index is 2.08. The summed E-state index contributed by atoms with van der Waals surface area (Å²) in [5.74, 6) is 0.763. The average molecular weight is 239 g/mol. The highest BCUT2D eigenvalue weighted by Crippen LogP contribution is 2.31. The Morgan fingerprint density at radius 1 is 1.38 bits per heavy atom. The largest absolute Gasteiger partial charge is 0.299 e. The molecule has 1 nitrogen and oxygen atoms in total. The maximum atomic E-state index is 11.5.